The predicted molar refractivity (Wildman–Crippen MR) is 97.4 cm³/mol. The van der Waals surface area contributed by atoms with Crippen molar-refractivity contribution in [3.63, 3.8) is 0 Å². The lowest BCUT2D eigenvalue weighted by Crippen LogP contribution is -2.50. The normalized spacial score (nSPS) is 17.7. The number of rotatable bonds is 4. The smallest absolute Gasteiger partial charge is 0.330 e. The Morgan fingerprint density at radius 3 is 2.33 bits per heavy atom. The van der Waals surface area contributed by atoms with E-state index in [0.29, 0.717) is 5.56 Å². The number of carbonyl (C=O) groups is 4. The number of ether oxygens (including phenoxy) is 1. The summed E-state index contributed by atoms with van der Waals surface area (Å²) in [6.45, 7) is 3.06. The van der Waals surface area contributed by atoms with E-state index in [9.17, 15) is 19.2 Å². The standard InChI is InChI=1S/C20H24N2O5/c1-20(2,19(26)27-3)21-16(23)12-9-10-14-15(11-12)18(25)22(17(14)24)13-7-5-4-6-8-13/h9-11,13H,4-8H2,1-3H3,(H,21,23). The van der Waals surface area contributed by atoms with E-state index in [1.807, 2.05) is 0 Å². The van der Waals surface area contributed by atoms with E-state index >= 15 is 0 Å². The second-order valence-corrected chi connectivity index (χ2v) is 7.60. The lowest BCUT2D eigenvalue weighted by molar-refractivity contribution is -0.146. The molecule has 2 aliphatic rings. The monoisotopic (exact) mass is 372 g/mol. The van der Waals surface area contributed by atoms with Gasteiger partial charge in [-0.1, -0.05) is 19.3 Å². The molecule has 1 aliphatic heterocycles. The van der Waals surface area contributed by atoms with Crippen molar-refractivity contribution in [3.8, 4) is 0 Å². The molecule has 0 aromatic heterocycles. The Kier molecular flexibility index (Phi) is 5.04. The van der Waals surface area contributed by atoms with Gasteiger partial charge in [0.05, 0.1) is 18.2 Å². The van der Waals surface area contributed by atoms with Gasteiger partial charge in [-0.3, -0.25) is 19.3 Å². The average molecular weight is 372 g/mol. The van der Waals surface area contributed by atoms with Gasteiger partial charge < -0.3 is 10.1 Å². The summed E-state index contributed by atoms with van der Waals surface area (Å²) >= 11 is 0. The highest BCUT2D eigenvalue weighted by atomic mass is 16.5. The Hall–Kier alpha value is -2.70. The van der Waals surface area contributed by atoms with Crippen LogP contribution in [-0.2, 0) is 9.53 Å². The van der Waals surface area contributed by atoms with Crippen LogP contribution in [0.4, 0.5) is 0 Å². The number of hydrogen-bond acceptors (Lipinski definition) is 5. The van der Waals surface area contributed by atoms with Crippen LogP contribution in [0.15, 0.2) is 18.2 Å². The van der Waals surface area contributed by atoms with Crippen molar-refractivity contribution >= 4 is 23.7 Å². The number of esters is 1. The van der Waals surface area contributed by atoms with Crippen LogP contribution < -0.4 is 5.32 Å². The Balaban J connectivity index is 1.83. The molecule has 1 aromatic rings. The molecular weight excluding hydrogens is 348 g/mol. The maximum Gasteiger partial charge on any atom is 0.330 e. The zero-order valence-corrected chi connectivity index (χ0v) is 15.8. The number of benzene rings is 1. The molecular formula is C20H24N2O5. The molecule has 1 N–H and O–H groups in total. The molecule has 1 aromatic carbocycles. The van der Waals surface area contributed by atoms with E-state index in [0.717, 1.165) is 32.1 Å². The first kappa shape index (κ1) is 19.1. The van der Waals surface area contributed by atoms with Gasteiger partial charge in [-0.2, -0.15) is 0 Å². The molecule has 7 nitrogen and oxygen atoms in total. The van der Waals surface area contributed by atoms with E-state index in [1.54, 1.807) is 0 Å². The second kappa shape index (κ2) is 7.13. The molecule has 1 heterocycles. The fourth-order valence-corrected chi connectivity index (χ4v) is 3.73. The zero-order valence-electron chi connectivity index (χ0n) is 15.8. The van der Waals surface area contributed by atoms with Crippen LogP contribution in [0.2, 0.25) is 0 Å². The van der Waals surface area contributed by atoms with Gasteiger partial charge in [-0.25, -0.2) is 4.79 Å². The van der Waals surface area contributed by atoms with Crippen molar-refractivity contribution in [2.75, 3.05) is 7.11 Å². The van der Waals surface area contributed by atoms with Crippen molar-refractivity contribution in [1.29, 1.82) is 0 Å². The quantitative estimate of drug-likeness (QED) is 0.647. The number of fused-ring (bicyclic) bond motifs is 1. The minimum atomic E-state index is -1.21. The van der Waals surface area contributed by atoms with Gasteiger partial charge in [0.15, 0.2) is 0 Å². The SMILES string of the molecule is COC(=O)C(C)(C)NC(=O)c1ccc2c(c1)C(=O)N(C1CCCCC1)C2=O. The maximum atomic E-state index is 12.8. The summed E-state index contributed by atoms with van der Waals surface area (Å²) in [7, 11) is 1.25. The minimum Gasteiger partial charge on any atom is -0.467 e. The fraction of sp³-hybridized carbons (Fsp3) is 0.500. The Morgan fingerprint density at radius 2 is 1.70 bits per heavy atom. The molecule has 0 unspecified atom stereocenters. The first-order valence-corrected chi connectivity index (χ1v) is 9.19. The van der Waals surface area contributed by atoms with Crippen LogP contribution in [0.5, 0.6) is 0 Å². The molecule has 1 aliphatic carbocycles. The molecule has 27 heavy (non-hydrogen) atoms. The summed E-state index contributed by atoms with van der Waals surface area (Å²) in [6.07, 6.45) is 4.79. The summed E-state index contributed by atoms with van der Waals surface area (Å²) < 4.78 is 4.68. The van der Waals surface area contributed by atoms with E-state index in [-0.39, 0.29) is 29.0 Å². The van der Waals surface area contributed by atoms with Crippen LogP contribution in [-0.4, -0.2) is 47.3 Å². The number of hydrogen-bond donors (Lipinski definition) is 1. The van der Waals surface area contributed by atoms with Crippen LogP contribution >= 0.6 is 0 Å². The summed E-state index contributed by atoms with van der Waals surface area (Å²) in [4.78, 5) is 51.1. The second-order valence-electron chi connectivity index (χ2n) is 7.60. The number of nitrogens with one attached hydrogen (secondary N) is 1. The lowest BCUT2D eigenvalue weighted by Gasteiger charge is -2.29. The molecule has 144 valence electrons. The van der Waals surface area contributed by atoms with Gasteiger partial charge in [0.1, 0.15) is 5.54 Å². The largest absolute Gasteiger partial charge is 0.467 e. The van der Waals surface area contributed by atoms with E-state index in [1.165, 1.54) is 44.1 Å². The van der Waals surface area contributed by atoms with Crippen LogP contribution in [0, 0.1) is 0 Å². The third-order valence-electron chi connectivity index (χ3n) is 5.24. The highest BCUT2D eigenvalue weighted by Crippen LogP contribution is 2.31. The number of imide groups is 1. The van der Waals surface area contributed by atoms with Crippen LogP contribution in [0.25, 0.3) is 0 Å². The molecule has 1 saturated carbocycles. The molecule has 0 bridgehead atoms. The van der Waals surface area contributed by atoms with Gasteiger partial charge in [-0.05, 0) is 44.9 Å². The van der Waals surface area contributed by atoms with Crippen LogP contribution in [0.1, 0.15) is 77.0 Å². The highest BCUT2D eigenvalue weighted by molar-refractivity contribution is 6.22. The molecule has 0 spiro atoms. The molecule has 1 fully saturated rings. The van der Waals surface area contributed by atoms with Gasteiger partial charge in [0.25, 0.3) is 17.7 Å². The molecule has 3 amide bonds. The van der Waals surface area contributed by atoms with Crippen molar-refractivity contribution in [1.82, 2.24) is 10.2 Å². The Bertz CT molecular complexity index is 809. The van der Waals surface area contributed by atoms with E-state index in [4.69, 9.17) is 0 Å². The maximum absolute atomic E-state index is 12.8. The predicted octanol–water partition coefficient (Wildman–Crippen LogP) is 2.30. The lowest BCUT2D eigenvalue weighted by atomic mass is 9.94. The third kappa shape index (κ3) is 3.46. The van der Waals surface area contributed by atoms with E-state index < -0.39 is 17.4 Å². The third-order valence-corrected chi connectivity index (χ3v) is 5.24. The Labute approximate surface area is 158 Å². The Morgan fingerprint density at radius 1 is 1.07 bits per heavy atom. The summed E-state index contributed by atoms with van der Waals surface area (Å²) in [5.41, 5.74) is -0.417. The number of methoxy groups -OCH3 is 1. The van der Waals surface area contributed by atoms with Crippen molar-refractivity contribution < 1.29 is 23.9 Å². The van der Waals surface area contributed by atoms with Gasteiger partial charge >= 0.3 is 5.97 Å². The first-order valence-electron chi connectivity index (χ1n) is 9.19. The molecule has 0 saturated heterocycles. The van der Waals surface area contributed by atoms with Crippen molar-refractivity contribution in [2.24, 2.45) is 0 Å². The molecule has 0 radical (unpaired) electrons. The number of amides is 3. The van der Waals surface area contributed by atoms with E-state index in [2.05, 4.69) is 10.1 Å². The highest BCUT2D eigenvalue weighted by Gasteiger charge is 2.40. The zero-order chi connectivity index (χ0) is 19.8. The topological polar surface area (TPSA) is 92.8 Å². The minimum absolute atomic E-state index is 0.0679. The summed E-state index contributed by atoms with van der Waals surface area (Å²) in [5, 5.41) is 2.59. The molecule has 3 rings (SSSR count). The fourth-order valence-electron chi connectivity index (χ4n) is 3.73. The molecule has 7 heteroatoms. The summed E-state index contributed by atoms with van der Waals surface area (Å²) in [5.74, 6) is -1.72. The van der Waals surface area contributed by atoms with Gasteiger partial charge in [0, 0.05) is 11.6 Å². The van der Waals surface area contributed by atoms with Crippen molar-refractivity contribution in [2.45, 2.75) is 57.5 Å². The number of carbonyl (C=O) groups excluding carboxylic acids is 4. The summed E-state index contributed by atoms with van der Waals surface area (Å²) in [6, 6.07) is 4.37. The average Bonchev–Trinajstić information content (AvgIpc) is 2.91. The van der Waals surface area contributed by atoms with Gasteiger partial charge in [-0.15, -0.1) is 0 Å². The van der Waals surface area contributed by atoms with Gasteiger partial charge in [0.2, 0.25) is 0 Å². The van der Waals surface area contributed by atoms with Crippen molar-refractivity contribution in [3.05, 3.63) is 34.9 Å². The first-order chi connectivity index (χ1) is 12.8. The van der Waals surface area contributed by atoms with Crippen LogP contribution in [0.3, 0.4) is 0 Å². The number of nitrogens with zero attached hydrogens (tertiary/aromatic N) is 1. The molecule has 0 atom stereocenters.